The fourth-order valence-electron chi connectivity index (χ4n) is 3.31. The number of thioether (sulfide) groups is 1. The zero-order valence-electron chi connectivity index (χ0n) is 16.7. The van der Waals surface area contributed by atoms with Gasteiger partial charge in [0.1, 0.15) is 0 Å². The Kier molecular flexibility index (Phi) is 5.50. The van der Waals surface area contributed by atoms with E-state index < -0.39 is 0 Å². The van der Waals surface area contributed by atoms with Crippen LogP contribution in [0.5, 0.6) is 0 Å². The summed E-state index contributed by atoms with van der Waals surface area (Å²) in [5, 5.41) is 5.84. The van der Waals surface area contributed by atoms with Crippen LogP contribution in [0, 0.1) is 0 Å². The smallest absolute Gasteiger partial charge is 0.280 e. The fraction of sp³-hybridized carbons (Fsp3) is 0.227. The molecule has 0 saturated carbocycles. The van der Waals surface area contributed by atoms with Gasteiger partial charge in [0.25, 0.3) is 11.5 Å². The van der Waals surface area contributed by atoms with Crippen molar-refractivity contribution in [3.8, 4) is 0 Å². The minimum Gasteiger partial charge on any atom is -0.295 e. The number of aryl methyl sites for hydroxylation is 1. The highest BCUT2D eigenvalue weighted by Crippen LogP contribution is 2.25. The van der Waals surface area contributed by atoms with Crippen LogP contribution >= 0.6 is 11.8 Å². The molecule has 0 aliphatic carbocycles. The summed E-state index contributed by atoms with van der Waals surface area (Å²) in [5.74, 6) is 0.564. The molecule has 0 unspecified atom stereocenters. The molecular weight excluding hydrogens is 400 g/mol. The molecule has 152 valence electrons. The number of rotatable bonds is 3. The molecule has 2 heterocycles. The van der Waals surface area contributed by atoms with Crippen LogP contribution in [0.2, 0.25) is 0 Å². The summed E-state index contributed by atoms with van der Waals surface area (Å²) < 4.78 is 1.20. The van der Waals surface area contributed by atoms with Crippen LogP contribution in [0.3, 0.4) is 0 Å². The average molecular weight is 420 g/mol. The Hall–Kier alpha value is -3.26. The molecule has 1 amide bonds. The molecule has 1 saturated heterocycles. The second-order valence-corrected chi connectivity index (χ2v) is 8.04. The van der Waals surface area contributed by atoms with Gasteiger partial charge in [-0.25, -0.2) is 9.67 Å². The number of Topliss-reactive ketones (excluding diaryl/α,β-unsaturated/α-hetero) is 1. The van der Waals surface area contributed by atoms with Gasteiger partial charge >= 0.3 is 0 Å². The average Bonchev–Trinajstić information content (AvgIpc) is 2.76. The molecule has 0 bridgehead atoms. The minimum atomic E-state index is -0.284. The van der Waals surface area contributed by atoms with Gasteiger partial charge < -0.3 is 0 Å². The number of fused-ring (bicyclic) bond motifs is 1. The number of nitrogens with zero attached hydrogens (tertiary/aromatic N) is 4. The highest BCUT2D eigenvalue weighted by atomic mass is 32.2. The van der Waals surface area contributed by atoms with Crippen LogP contribution in [0.25, 0.3) is 10.8 Å². The van der Waals surface area contributed by atoms with E-state index in [1.165, 1.54) is 23.4 Å². The predicted molar refractivity (Wildman–Crippen MR) is 119 cm³/mol. The van der Waals surface area contributed by atoms with Gasteiger partial charge in [-0.05, 0) is 43.7 Å². The Morgan fingerprint density at radius 3 is 2.47 bits per heavy atom. The number of benzene rings is 2. The molecule has 1 fully saturated rings. The zero-order chi connectivity index (χ0) is 21.3. The van der Waals surface area contributed by atoms with Crippen molar-refractivity contribution in [1.82, 2.24) is 14.7 Å². The van der Waals surface area contributed by atoms with Crippen molar-refractivity contribution in [3.63, 3.8) is 0 Å². The van der Waals surface area contributed by atoms with Crippen LogP contribution in [-0.4, -0.2) is 43.8 Å². The molecule has 0 N–H and O–H groups in total. The van der Waals surface area contributed by atoms with E-state index in [1.54, 1.807) is 60.5 Å². The van der Waals surface area contributed by atoms with Gasteiger partial charge in [-0.3, -0.25) is 19.3 Å². The van der Waals surface area contributed by atoms with Crippen molar-refractivity contribution in [2.75, 3.05) is 12.3 Å². The van der Waals surface area contributed by atoms with E-state index in [9.17, 15) is 14.4 Å². The van der Waals surface area contributed by atoms with E-state index in [4.69, 9.17) is 0 Å². The molecule has 1 aromatic heterocycles. The Morgan fingerprint density at radius 1 is 1.07 bits per heavy atom. The number of ketones is 1. The molecule has 0 radical (unpaired) electrons. The lowest BCUT2D eigenvalue weighted by atomic mass is 10.1. The normalized spacial score (nSPS) is 15.5. The summed E-state index contributed by atoms with van der Waals surface area (Å²) in [7, 11) is 1.54. The third-order valence-electron chi connectivity index (χ3n) is 4.89. The van der Waals surface area contributed by atoms with E-state index in [-0.39, 0.29) is 22.9 Å². The van der Waals surface area contributed by atoms with Gasteiger partial charge in [-0.1, -0.05) is 30.0 Å². The van der Waals surface area contributed by atoms with E-state index >= 15 is 0 Å². The van der Waals surface area contributed by atoms with Gasteiger partial charge in [-0.15, -0.1) is 0 Å². The van der Waals surface area contributed by atoms with Crippen molar-refractivity contribution in [1.29, 1.82) is 0 Å². The number of amidine groups is 1. The van der Waals surface area contributed by atoms with Crippen LogP contribution in [0.1, 0.15) is 34.2 Å². The maximum absolute atomic E-state index is 13.4. The topological polar surface area (TPSA) is 84.6 Å². The third kappa shape index (κ3) is 3.78. The standard InChI is InChI=1S/C22H20N4O3S/c1-14(27)15-8-10-16(11-9-15)23-22-26(12-5-13-30-22)21(29)19-17-6-3-4-7-18(17)20(28)25(2)24-19/h3-4,6-11H,5,12-13H2,1-2H3. The van der Waals surface area contributed by atoms with E-state index in [1.807, 2.05) is 0 Å². The van der Waals surface area contributed by atoms with Gasteiger partial charge in [0, 0.05) is 30.3 Å². The zero-order valence-corrected chi connectivity index (χ0v) is 17.5. The molecule has 2 aromatic carbocycles. The maximum Gasteiger partial charge on any atom is 0.280 e. The third-order valence-corrected chi connectivity index (χ3v) is 5.95. The second-order valence-electron chi connectivity index (χ2n) is 6.98. The molecule has 0 atom stereocenters. The molecule has 1 aliphatic rings. The van der Waals surface area contributed by atoms with Gasteiger partial charge in [0.2, 0.25) is 0 Å². The number of hydrogen-bond donors (Lipinski definition) is 0. The molecule has 7 nitrogen and oxygen atoms in total. The lowest BCUT2D eigenvalue weighted by molar-refractivity contribution is 0.0843. The maximum atomic E-state index is 13.4. The Bertz CT molecular complexity index is 1230. The first-order valence-electron chi connectivity index (χ1n) is 9.56. The van der Waals surface area contributed by atoms with Crippen LogP contribution in [0.4, 0.5) is 5.69 Å². The first kappa shape index (κ1) is 20.0. The van der Waals surface area contributed by atoms with Gasteiger partial charge in [-0.2, -0.15) is 5.10 Å². The van der Waals surface area contributed by atoms with Crippen molar-refractivity contribution in [2.45, 2.75) is 13.3 Å². The van der Waals surface area contributed by atoms with E-state index in [0.717, 1.165) is 12.2 Å². The Morgan fingerprint density at radius 2 is 1.77 bits per heavy atom. The monoisotopic (exact) mass is 420 g/mol. The fourth-order valence-corrected chi connectivity index (χ4v) is 4.26. The van der Waals surface area contributed by atoms with Crippen LogP contribution in [-0.2, 0) is 7.05 Å². The molecule has 1 aliphatic heterocycles. The number of aliphatic imine (C=N–C) groups is 1. The molecule has 8 heteroatoms. The lowest BCUT2D eigenvalue weighted by Gasteiger charge is -2.27. The van der Waals surface area contributed by atoms with Crippen molar-refractivity contribution >= 4 is 45.1 Å². The van der Waals surface area contributed by atoms with Crippen molar-refractivity contribution < 1.29 is 9.59 Å². The van der Waals surface area contributed by atoms with Crippen molar-refractivity contribution in [2.24, 2.45) is 12.0 Å². The highest BCUT2D eigenvalue weighted by Gasteiger charge is 2.28. The first-order chi connectivity index (χ1) is 14.5. The summed E-state index contributed by atoms with van der Waals surface area (Å²) in [6.07, 6.45) is 0.836. The number of amides is 1. The molecule has 4 rings (SSSR count). The van der Waals surface area contributed by atoms with E-state index in [2.05, 4.69) is 10.1 Å². The highest BCUT2D eigenvalue weighted by molar-refractivity contribution is 8.13. The minimum absolute atomic E-state index is 0.00862. The molecular formula is C22H20N4O3S. The Labute approximate surface area is 177 Å². The van der Waals surface area contributed by atoms with E-state index in [0.29, 0.717) is 33.7 Å². The number of carbonyl (C=O) groups excluding carboxylic acids is 2. The quantitative estimate of drug-likeness (QED) is 0.607. The SMILES string of the molecule is CC(=O)c1ccc(N=C2SCCCN2C(=O)c2nn(C)c(=O)c3ccccc23)cc1. The van der Waals surface area contributed by atoms with Gasteiger partial charge in [0.05, 0.1) is 11.1 Å². The largest absolute Gasteiger partial charge is 0.295 e. The molecule has 30 heavy (non-hydrogen) atoms. The predicted octanol–water partition coefficient (Wildman–Crippen LogP) is 3.40. The number of carbonyl (C=O) groups is 2. The summed E-state index contributed by atoms with van der Waals surface area (Å²) in [4.78, 5) is 43.6. The summed E-state index contributed by atoms with van der Waals surface area (Å²) in [6, 6.07) is 14.0. The van der Waals surface area contributed by atoms with Crippen LogP contribution in [0.15, 0.2) is 58.3 Å². The lowest BCUT2D eigenvalue weighted by Crippen LogP contribution is -2.40. The summed E-state index contributed by atoms with van der Waals surface area (Å²) >= 11 is 1.50. The number of hydrogen-bond acceptors (Lipinski definition) is 6. The number of aromatic nitrogens is 2. The first-order valence-corrected chi connectivity index (χ1v) is 10.5. The Balaban J connectivity index is 1.74. The molecule has 3 aromatic rings. The molecule has 0 spiro atoms. The van der Waals surface area contributed by atoms with Crippen molar-refractivity contribution in [3.05, 3.63) is 70.1 Å². The second kappa shape index (κ2) is 8.23. The van der Waals surface area contributed by atoms with Gasteiger partial charge in [0.15, 0.2) is 16.6 Å². The van der Waals surface area contributed by atoms with Crippen LogP contribution < -0.4 is 5.56 Å². The summed E-state index contributed by atoms with van der Waals surface area (Å²) in [5.41, 5.74) is 1.27. The summed E-state index contributed by atoms with van der Waals surface area (Å²) in [6.45, 7) is 2.04.